The molecule has 1 N–H and O–H groups in total. The van der Waals surface area contributed by atoms with E-state index >= 15 is 0 Å². The van der Waals surface area contributed by atoms with E-state index in [0.29, 0.717) is 54.9 Å². The molecule has 2 saturated heterocycles. The number of aryl methyl sites for hydroxylation is 1. The Morgan fingerprint density at radius 3 is 2.69 bits per heavy atom. The Hall–Kier alpha value is -2.82. The minimum atomic E-state index is -2.43. The largest absolute Gasteiger partial charge is 0.486 e. The Bertz CT molecular complexity index is 1350. The van der Waals surface area contributed by atoms with E-state index in [1.165, 1.54) is 18.5 Å². The van der Waals surface area contributed by atoms with Gasteiger partial charge in [-0.15, -0.1) is 0 Å². The lowest BCUT2D eigenvalue weighted by Crippen LogP contribution is -2.27. The van der Waals surface area contributed by atoms with E-state index in [4.69, 9.17) is 14.2 Å². The van der Waals surface area contributed by atoms with Crippen LogP contribution in [0, 0.1) is 12.7 Å². The predicted octanol–water partition coefficient (Wildman–Crippen LogP) is 4.90. The number of nitrogens with one attached hydrogen (secondary N) is 1. The topological polar surface area (TPSA) is 94.9 Å². The molecule has 3 heterocycles. The molecule has 35 heavy (non-hydrogen) atoms. The van der Waals surface area contributed by atoms with Crippen molar-refractivity contribution in [2.24, 2.45) is 4.36 Å². The average molecular weight is 501 g/mol. The van der Waals surface area contributed by atoms with Gasteiger partial charge in [0.25, 0.3) is 0 Å². The van der Waals surface area contributed by atoms with Crippen LogP contribution in [0.3, 0.4) is 0 Å². The van der Waals surface area contributed by atoms with Crippen LogP contribution in [0.25, 0.3) is 10.9 Å². The van der Waals surface area contributed by atoms with Crippen LogP contribution in [0.2, 0.25) is 0 Å². The van der Waals surface area contributed by atoms with Crippen molar-refractivity contribution in [3.05, 3.63) is 48.0 Å². The average Bonchev–Trinajstić information content (AvgIpc) is 3.34. The van der Waals surface area contributed by atoms with Crippen molar-refractivity contribution in [2.45, 2.75) is 37.5 Å². The van der Waals surface area contributed by atoms with Gasteiger partial charge in [-0.2, -0.15) is 4.36 Å². The quantitative estimate of drug-likeness (QED) is 0.515. The lowest BCUT2D eigenvalue weighted by Gasteiger charge is -2.23. The summed E-state index contributed by atoms with van der Waals surface area (Å²) in [6, 6.07) is 8.10. The number of anilines is 2. The summed E-state index contributed by atoms with van der Waals surface area (Å²) >= 11 is 0. The van der Waals surface area contributed by atoms with E-state index in [0.717, 1.165) is 30.2 Å². The molecule has 1 unspecified atom stereocenters. The van der Waals surface area contributed by atoms with Crippen LogP contribution in [-0.4, -0.2) is 58.2 Å². The van der Waals surface area contributed by atoms with Crippen LogP contribution in [0.1, 0.15) is 24.8 Å². The molecular formula is C25H29FN4O4S. The number of nitrogens with zero attached hydrogens (tertiary/aromatic N) is 3. The second kappa shape index (κ2) is 10.0. The van der Waals surface area contributed by atoms with E-state index in [2.05, 4.69) is 19.6 Å². The van der Waals surface area contributed by atoms with Gasteiger partial charge in [0.05, 0.1) is 39.8 Å². The lowest BCUT2D eigenvalue weighted by molar-refractivity contribution is 0.0990. The van der Waals surface area contributed by atoms with Crippen molar-refractivity contribution in [3.63, 3.8) is 0 Å². The Kier molecular flexibility index (Phi) is 6.86. The third-order valence-corrected chi connectivity index (χ3v) is 8.65. The zero-order chi connectivity index (χ0) is 24.4. The fourth-order valence-electron chi connectivity index (χ4n) is 4.53. The summed E-state index contributed by atoms with van der Waals surface area (Å²) in [5, 5.41) is 4.11. The van der Waals surface area contributed by atoms with Crippen molar-refractivity contribution in [3.8, 4) is 5.75 Å². The molecular weight excluding hydrogens is 471 g/mol. The maximum Gasteiger partial charge on any atom is 0.146 e. The standard InChI is InChI=1S/C25H29FN4O4S/c1-16-11-18(30-35(2,31)20-6-9-32-10-7-20)13-22-24(16)25(28-15-27-22)29-21-4-3-17(26)12-23(21)34-19-5-8-33-14-19/h3-4,11-13,15,19-20H,5-10,14H2,1-2H3,(H,27,28,29)/t19-,35?/m0/s1. The Morgan fingerprint density at radius 1 is 1.11 bits per heavy atom. The molecule has 2 fully saturated rings. The maximum atomic E-state index is 14.0. The van der Waals surface area contributed by atoms with Crippen LogP contribution in [0.4, 0.5) is 21.6 Å². The molecule has 1 aromatic heterocycles. The Morgan fingerprint density at radius 2 is 1.91 bits per heavy atom. The molecule has 0 saturated carbocycles. The number of rotatable bonds is 6. The van der Waals surface area contributed by atoms with Gasteiger partial charge in [-0.1, -0.05) is 0 Å². The molecule has 0 aliphatic carbocycles. The molecule has 0 spiro atoms. The fraction of sp³-hybridized carbons (Fsp3) is 0.440. The first kappa shape index (κ1) is 23.9. The van der Waals surface area contributed by atoms with Crippen molar-refractivity contribution in [1.29, 1.82) is 0 Å². The predicted molar refractivity (Wildman–Crippen MR) is 134 cm³/mol. The fourth-order valence-corrected chi connectivity index (χ4v) is 6.27. The van der Waals surface area contributed by atoms with Gasteiger partial charge in [0.2, 0.25) is 0 Å². The normalized spacial score (nSPS) is 20.5. The number of ether oxygens (including phenoxy) is 3. The minimum Gasteiger partial charge on any atom is -0.486 e. The molecule has 2 aliphatic rings. The summed E-state index contributed by atoms with van der Waals surface area (Å²) in [5.41, 5.74) is 2.80. The number of hydrogen-bond donors (Lipinski definition) is 1. The van der Waals surface area contributed by atoms with Gasteiger partial charge in [0.15, 0.2) is 0 Å². The highest BCUT2D eigenvalue weighted by Crippen LogP contribution is 2.35. The smallest absolute Gasteiger partial charge is 0.146 e. The molecule has 10 heteroatoms. The summed E-state index contributed by atoms with van der Waals surface area (Å²) < 4.78 is 48.8. The molecule has 0 amide bonds. The van der Waals surface area contributed by atoms with E-state index < -0.39 is 9.73 Å². The number of fused-ring (bicyclic) bond motifs is 1. The van der Waals surface area contributed by atoms with Gasteiger partial charge in [0, 0.05) is 42.6 Å². The number of benzene rings is 2. The molecule has 2 aromatic carbocycles. The van der Waals surface area contributed by atoms with Crippen LogP contribution in [0.5, 0.6) is 5.75 Å². The molecule has 186 valence electrons. The van der Waals surface area contributed by atoms with Gasteiger partial charge in [-0.25, -0.2) is 18.6 Å². The van der Waals surface area contributed by atoms with Crippen LogP contribution < -0.4 is 10.1 Å². The first-order chi connectivity index (χ1) is 16.9. The molecule has 2 atom stereocenters. The van der Waals surface area contributed by atoms with Gasteiger partial charge < -0.3 is 19.5 Å². The van der Waals surface area contributed by atoms with Crippen molar-refractivity contribution in [1.82, 2.24) is 9.97 Å². The zero-order valence-corrected chi connectivity index (χ0v) is 20.6. The summed E-state index contributed by atoms with van der Waals surface area (Å²) in [7, 11) is -2.43. The first-order valence-electron chi connectivity index (χ1n) is 11.7. The van der Waals surface area contributed by atoms with Crippen LogP contribution in [-0.2, 0) is 19.2 Å². The minimum absolute atomic E-state index is 0.0112. The maximum absolute atomic E-state index is 14.0. The van der Waals surface area contributed by atoms with Crippen molar-refractivity contribution in [2.75, 3.05) is 38.0 Å². The highest BCUT2D eigenvalue weighted by atomic mass is 32.2. The lowest BCUT2D eigenvalue weighted by atomic mass is 10.1. The molecule has 5 rings (SSSR count). The van der Waals surface area contributed by atoms with Gasteiger partial charge in [-0.3, -0.25) is 0 Å². The first-order valence-corrected chi connectivity index (χ1v) is 13.7. The number of aromatic nitrogens is 2. The molecule has 8 nitrogen and oxygen atoms in total. The third-order valence-electron chi connectivity index (χ3n) is 6.37. The second-order valence-electron chi connectivity index (χ2n) is 9.01. The zero-order valence-electron chi connectivity index (χ0n) is 19.8. The highest BCUT2D eigenvalue weighted by molar-refractivity contribution is 7.93. The molecule has 3 aromatic rings. The molecule has 2 aliphatic heterocycles. The van der Waals surface area contributed by atoms with E-state index in [9.17, 15) is 8.60 Å². The monoisotopic (exact) mass is 500 g/mol. The summed E-state index contributed by atoms with van der Waals surface area (Å²) in [5.74, 6) is 0.589. The third kappa shape index (κ3) is 5.39. The van der Waals surface area contributed by atoms with Gasteiger partial charge in [0.1, 0.15) is 29.8 Å². The Balaban J connectivity index is 1.48. The summed E-state index contributed by atoms with van der Waals surface area (Å²) in [6.45, 7) is 4.29. The van der Waals surface area contributed by atoms with Crippen LogP contribution in [0.15, 0.2) is 41.0 Å². The van der Waals surface area contributed by atoms with E-state index in [1.807, 2.05) is 19.1 Å². The number of halogens is 1. The summed E-state index contributed by atoms with van der Waals surface area (Å²) in [6.07, 6.45) is 5.32. The summed E-state index contributed by atoms with van der Waals surface area (Å²) in [4.78, 5) is 8.87. The van der Waals surface area contributed by atoms with E-state index in [1.54, 1.807) is 12.3 Å². The Labute approximate surface area is 204 Å². The van der Waals surface area contributed by atoms with Gasteiger partial charge in [-0.05, 0) is 49.6 Å². The van der Waals surface area contributed by atoms with Crippen molar-refractivity contribution < 1.29 is 22.8 Å². The molecule has 0 bridgehead atoms. The van der Waals surface area contributed by atoms with E-state index in [-0.39, 0.29) is 17.2 Å². The van der Waals surface area contributed by atoms with Gasteiger partial charge >= 0.3 is 0 Å². The SMILES string of the molecule is Cc1cc(N=S(C)(=O)C2CCOCC2)cc2ncnc(Nc3ccc(F)cc3O[C@H]3CCOC3)c12. The molecule has 0 radical (unpaired) electrons. The highest BCUT2D eigenvalue weighted by Gasteiger charge is 2.23. The van der Waals surface area contributed by atoms with Crippen LogP contribution >= 0.6 is 0 Å². The van der Waals surface area contributed by atoms with Crippen molar-refractivity contribution >= 4 is 37.8 Å². The number of hydrogen-bond acceptors (Lipinski definition) is 8. The second-order valence-corrected chi connectivity index (χ2v) is 11.6.